The normalized spacial score (nSPS) is 20.5. The molecule has 8 nitrogen and oxygen atoms in total. The highest BCUT2D eigenvalue weighted by molar-refractivity contribution is 6.13. The molecule has 8 heteroatoms. The molecule has 1 aromatic carbocycles. The molecule has 1 unspecified atom stereocenters. The molecule has 1 aromatic rings. The first-order valence-corrected chi connectivity index (χ1v) is 9.35. The molecule has 0 radical (unpaired) electrons. The van der Waals surface area contributed by atoms with E-state index in [4.69, 9.17) is 19.9 Å². The van der Waals surface area contributed by atoms with Crippen LogP contribution in [0.1, 0.15) is 33.3 Å². The number of nitrogens with one attached hydrogen (secondary N) is 1. The molecule has 0 saturated carbocycles. The van der Waals surface area contributed by atoms with E-state index in [1.165, 1.54) is 6.08 Å². The van der Waals surface area contributed by atoms with E-state index in [-0.39, 0.29) is 23.6 Å². The third-order valence-electron chi connectivity index (χ3n) is 4.78. The number of benzene rings is 1. The minimum absolute atomic E-state index is 0.0980. The van der Waals surface area contributed by atoms with Crippen LogP contribution in [0.25, 0.3) is 0 Å². The smallest absolute Gasteiger partial charge is 0.376 e. The highest BCUT2D eigenvalue weighted by atomic mass is 16.6. The average Bonchev–Trinajstić information content (AvgIpc) is 2.96. The number of hydrogen-bond donors (Lipinski definition) is 2. The Hall–Kier alpha value is -3.55. The molecule has 2 heterocycles. The number of esters is 2. The summed E-state index contributed by atoms with van der Waals surface area (Å²) in [6, 6.07) is 6.90. The summed E-state index contributed by atoms with van der Waals surface area (Å²) in [7, 11) is 0. The molecule has 2 aliphatic heterocycles. The van der Waals surface area contributed by atoms with Crippen molar-refractivity contribution in [3.05, 3.63) is 65.3 Å². The molecule has 2 aliphatic rings. The molecular formula is C22H24N2O6. The van der Waals surface area contributed by atoms with Crippen LogP contribution in [0.15, 0.2) is 59.7 Å². The Balaban J connectivity index is 2.25. The van der Waals surface area contributed by atoms with E-state index in [1.807, 2.05) is 0 Å². The molecule has 0 fully saturated rings. The van der Waals surface area contributed by atoms with Gasteiger partial charge in [0.1, 0.15) is 17.6 Å². The number of fused-ring (bicyclic) bond motifs is 2. The van der Waals surface area contributed by atoms with Crippen LogP contribution >= 0.6 is 0 Å². The zero-order chi connectivity index (χ0) is 22.3. The zero-order valence-electron chi connectivity index (χ0n) is 17.3. The van der Waals surface area contributed by atoms with Crippen molar-refractivity contribution in [3.8, 4) is 0 Å². The van der Waals surface area contributed by atoms with Crippen LogP contribution in [0.4, 0.5) is 5.69 Å². The second-order valence-electron chi connectivity index (χ2n) is 7.94. The van der Waals surface area contributed by atoms with E-state index >= 15 is 0 Å². The molecule has 158 valence electrons. The van der Waals surface area contributed by atoms with Crippen molar-refractivity contribution >= 4 is 23.5 Å². The van der Waals surface area contributed by atoms with Gasteiger partial charge in [-0.25, -0.2) is 9.59 Å². The van der Waals surface area contributed by atoms with Crippen molar-refractivity contribution < 1.29 is 28.6 Å². The summed E-state index contributed by atoms with van der Waals surface area (Å²) >= 11 is 0. The minimum Gasteiger partial charge on any atom is -0.456 e. The first-order chi connectivity index (χ1) is 14.0. The van der Waals surface area contributed by atoms with Gasteiger partial charge in [-0.3, -0.25) is 4.79 Å². The fourth-order valence-electron chi connectivity index (χ4n) is 3.54. The first kappa shape index (κ1) is 21.2. The third kappa shape index (κ3) is 3.24. The highest BCUT2D eigenvalue weighted by Gasteiger charge is 2.57. The lowest BCUT2D eigenvalue weighted by molar-refractivity contribution is -0.154. The van der Waals surface area contributed by atoms with Gasteiger partial charge >= 0.3 is 11.9 Å². The van der Waals surface area contributed by atoms with Crippen molar-refractivity contribution in [1.82, 2.24) is 0 Å². The molecule has 0 saturated heterocycles. The van der Waals surface area contributed by atoms with Crippen molar-refractivity contribution in [2.75, 3.05) is 11.9 Å². The molecule has 1 amide bonds. The Morgan fingerprint density at radius 3 is 2.53 bits per heavy atom. The summed E-state index contributed by atoms with van der Waals surface area (Å²) in [6.45, 7) is 10.0. The number of para-hydroxylation sites is 1. The average molecular weight is 412 g/mol. The van der Waals surface area contributed by atoms with Gasteiger partial charge in [0.2, 0.25) is 17.4 Å². The van der Waals surface area contributed by atoms with Crippen LogP contribution in [-0.4, -0.2) is 30.1 Å². The lowest BCUT2D eigenvalue weighted by Gasteiger charge is -2.35. The third-order valence-corrected chi connectivity index (χ3v) is 4.78. The van der Waals surface area contributed by atoms with Crippen LogP contribution in [0.5, 0.6) is 0 Å². The summed E-state index contributed by atoms with van der Waals surface area (Å²) in [4.78, 5) is 38.8. The minimum atomic E-state index is -1.61. The Bertz CT molecular complexity index is 1010. The number of amides is 1. The summed E-state index contributed by atoms with van der Waals surface area (Å²) < 4.78 is 16.1. The molecule has 3 N–H and O–H groups in total. The van der Waals surface area contributed by atoms with Gasteiger partial charge in [0.25, 0.3) is 0 Å². The van der Waals surface area contributed by atoms with E-state index in [2.05, 4.69) is 11.9 Å². The number of anilines is 1. The van der Waals surface area contributed by atoms with Crippen LogP contribution < -0.4 is 11.1 Å². The fraction of sp³-hybridized carbons (Fsp3) is 0.318. The molecule has 3 rings (SSSR count). The van der Waals surface area contributed by atoms with Gasteiger partial charge in [-0.1, -0.05) is 30.9 Å². The van der Waals surface area contributed by atoms with E-state index in [1.54, 1.807) is 52.0 Å². The molecule has 0 bridgehead atoms. The largest absolute Gasteiger partial charge is 0.456 e. The molecule has 1 atom stereocenters. The Morgan fingerprint density at radius 2 is 1.90 bits per heavy atom. The molecular weight excluding hydrogens is 388 g/mol. The van der Waals surface area contributed by atoms with E-state index in [0.717, 1.165) is 0 Å². The van der Waals surface area contributed by atoms with Crippen LogP contribution in [0.2, 0.25) is 0 Å². The monoisotopic (exact) mass is 412 g/mol. The van der Waals surface area contributed by atoms with Gasteiger partial charge in [0.15, 0.2) is 0 Å². The molecule has 0 aliphatic carbocycles. The van der Waals surface area contributed by atoms with Gasteiger partial charge < -0.3 is 25.3 Å². The maximum atomic E-state index is 13.2. The van der Waals surface area contributed by atoms with Gasteiger partial charge in [0, 0.05) is 16.8 Å². The Kier molecular flexibility index (Phi) is 5.20. The summed E-state index contributed by atoms with van der Waals surface area (Å²) in [6.07, 6.45) is 1.38. The maximum Gasteiger partial charge on any atom is 0.376 e. The van der Waals surface area contributed by atoms with Gasteiger partial charge in [-0.05, 0) is 33.8 Å². The van der Waals surface area contributed by atoms with Crippen molar-refractivity contribution in [3.63, 3.8) is 0 Å². The molecule has 30 heavy (non-hydrogen) atoms. The van der Waals surface area contributed by atoms with Gasteiger partial charge in [-0.15, -0.1) is 0 Å². The van der Waals surface area contributed by atoms with Gasteiger partial charge in [0.05, 0.1) is 5.70 Å². The summed E-state index contributed by atoms with van der Waals surface area (Å²) in [5.74, 6) is -2.96. The van der Waals surface area contributed by atoms with Crippen LogP contribution in [0.3, 0.4) is 0 Å². The maximum absolute atomic E-state index is 13.2. The molecule has 1 spiro atoms. The second-order valence-corrected chi connectivity index (χ2v) is 7.94. The number of carbonyl (C=O) groups excluding carboxylic acids is 3. The van der Waals surface area contributed by atoms with Crippen molar-refractivity contribution in [1.29, 1.82) is 0 Å². The van der Waals surface area contributed by atoms with Gasteiger partial charge in [-0.2, -0.15) is 0 Å². The fourth-order valence-corrected chi connectivity index (χ4v) is 3.54. The quantitative estimate of drug-likeness (QED) is 0.576. The standard InChI is InChI=1S/C22H24N2O6/c1-6-11-28-18(25)16-17(23)22(13-9-7-8-10-14(13)24-20(22)27)12(2)15(29-16)19(26)30-21(3,4)5/h6-10H,1,11,23H2,2-5H3,(H,24,27). The lowest BCUT2D eigenvalue weighted by atomic mass is 9.71. The number of hydrogen-bond acceptors (Lipinski definition) is 7. The Labute approximate surface area is 174 Å². The van der Waals surface area contributed by atoms with Crippen molar-refractivity contribution in [2.24, 2.45) is 5.73 Å². The number of rotatable bonds is 4. The number of nitrogens with two attached hydrogens (primary N) is 1. The topological polar surface area (TPSA) is 117 Å². The lowest BCUT2D eigenvalue weighted by Crippen LogP contribution is -2.46. The van der Waals surface area contributed by atoms with Crippen LogP contribution in [0, 0.1) is 0 Å². The summed E-state index contributed by atoms with van der Waals surface area (Å²) in [5.41, 5.74) is 5.01. The summed E-state index contributed by atoms with van der Waals surface area (Å²) in [5, 5.41) is 2.77. The first-order valence-electron chi connectivity index (χ1n) is 9.35. The SMILES string of the molecule is C=CCOC(=O)C1=C(N)C2(C(=O)Nc3ccccc32)C(C)=C(C(=O)OC(C)(C)C)O1. The van der Waals surface area contributed by atoms with E-state index in [9.17, 15) is 14.4 Å². The van der Waals surface area contributed by atoms with E-state index < -0.39 is 34.6 Å². The van der Waals surface area contributed by atoms with Crippen LogP contribution in [-0.2, 0) is 34.0 Å². The highest BCUT2D eigenvalue weighted by Crippen LogP contribution is 2.50. The van der Waals surface area contributed by atoms with Crippen molar-refractivity contribution in [2.45, 2.75) is 38.7 Å². The second kappa shape index (κ2) is 7.37. The predicted molar refractivity (Wildman–Crippen MR) is 109 cm³/mol. The zero-order valence-corrected chi connectivity index (χ0v) is 17.3. The molecule has 0 aromatic heterocycles. The predicted octanol–water partition coefficient (Wildman–Crippen LogP) is 2.42. The Morgan fingerprint density at radius 1 is 1.23 bits per heavy atom. The number of carbonyl (C=O) groups is 3. The van der Waals surface area contributed by atoms with E-state index in [0.29, 0.717) is 11.3 Å². The number of ether oxygens (including phenoxy) is 3.